The normalized spacial score (nSPS) is 11.9. The SMILES string of the molecule is Cc1cccc(C)c1-c1cc(-c2c(C)cccc2C)c2c(c1)c1ccc(Oc3[c-]c4c(cc3)c3cncnc3n3c5ccccc5nc43)[c-]c1c1nc3ccccc3n12.[Pd+2]. The fourth-order valence-corrected chi connectivity index (χ4v) is 9.43. The van der Waals surface area contributed by atoms with E-state index in [1.165, 1.54) is 44.5 Å². The molecule has 0 bridgehead atoms. The number of nitrogens with zero attached hydrogens (tertiary/aromatic N) is 6. The van der Waals surface area contributed by atoms with Crippen LogP contribution in [0.15, 0.2) is 134 Å². The predicted molar refractivity (Wildman–Crippen MR) is 239 cm³/mol. The molecule has 0 aliphatic rings. The maximum atomic E-state index is 6.70. The van der Waals surface area contributed by atoms with Gasteiger partial charge in [0.05, 0.1) is 33.4 Å². The van der Waals surface area contributed by atoms with Gasteiger partial charge in [0.1, 0.15) is 12.0 Å². The number of fused-ring (bicyclic) bond motifs is 16. The molecule has 5 aromatic heterocycles. The second-order valence-electron chi connectivity index (χ2n) is 15.6. The van der Waals surface area contributed by atoms with Crippen molar-refractivity contribution in [3.63, 3.8) is 0 Å². The molecule has 0 aliphatic carbocycles. The van der Waals surface area contributed by atoms with E-state index in [4.69, 9.17) is 14.7 Å². The zero-order chi connectivity index (χ0) is 39.5. The molecule has 0 N–H and O–H groups in total. The summed E-state index contributed by atoms with van der Waals surface area (Å²) in [5.41, 5.74) is 17.1. The molecule has 12 aromatic rings. The molecule has 0 aliphatic heterocycles. The Morgan fingerprint density at radius 2 is 1.07 bits per heavy atom. The fourth-order valence-electron chi connectivity index (χ4n) is 9.43. The van der Waals surface area contributed by atoms with Gasteiger partial charge < -0.3 is 13.5 Å². The molecule has 5 heterocycles. The van der Waals surface area contributed by atoms with Gasteiger partial charge in [-0.3, -0.25) is 9.97 Å². The maximum absolute atomic E-state index is 6.70. The van der Waals surface area contributed by atoms with E-state index in [-0.39, 0.29) is 20.4 Å². The average Bonchev–Trinajstić information content (AvgIpc) is 3.84. The van der Waals surface area contributed by atoms with Crippen molar-refractivity contribution in [2.24, 2.45) is 0 Å². The van der Waals surface area contributed by atoms with Crippen LogP contribution in [0.4, 0.5) is 0 Å². The van der Waals surface area contributed by atoms with E-state index in [9.17, 15) is 0 Å². The Kier molecular flexibility index (Phi) is 8.15. The first-order valence-electron chi connectivity index (χ1n) is 19.8. The second-order valence-corrected chi connectivity index (χ2v) is 15.6. The molecule has 0 spiro atoms. The van der Waals surface area contributed by atoms with Crippen molar-refractivity contribution in [2.75, 3.05) is 0 Å². The molecular formula is C52H34N6OPd. The van der Waals surface area contributed by atoms with Crippen LogP contribution in [0.25, 0.3) is 99.1 Å². The fraction of sp³-hybridized carbons (Fsp3) is 0.0769. The number of aromatic nitrogens is 6. The Morgan fingerprint density at radius 1 is 0.517 bits per heavy atom. The van der Waals surface area contributed by atoms with Crippen LogP contribution in [-0.2, 0) is 20.4 Å². The first-order chi connectivity index (χ1) is 28.9. The number of pyridine rings is 2. The van der Waals surface area contributed by atoms with Gasteiger partial charge in [-0.2, -0.15) is 0 Å². The predicted octanol–water partition coefficient (Wildman–Crippen LogP) is 12.6. The molecule has 0 amide bonds. The van der Waals surface area contributed by atoms with E-state index in [0.717, 1.165) is 76.8 Å². The summed E-state index contributed by atoms with van der Waals surface area (Å²) >= 11 is 0. The van der Waals surface area contributed by atoms with Gasteiger partial charge in [0, 0.05) is 34.2 Å². The van der Waals surface area contributed by atoms with E-state index >= 15 is 0 Å². The molecule has 288 valence electrons. The van der Waals surface area contributed by atoms with Gasteiger partial charge >= 0.3 is 20.4 Å². The van der Waals surface area contributed by atoms with Gasteiger partial charge in [0.25, 0.3) is 0 Å². The molecule has 7 nitrogen and oxygen atoms in total. The summed E-state index contributed by atoms with van der Waals surface area (Å²) in [6.45, 7) is 8.82. The van der Waals surface area contributed by atoms with Crippen LogP contribution in [-0.4, -0.2) is 28.7 Å². The van der Waals surface area contributed by atoms with E-state index in [2.05, 4.69) is 137 Å². The Hall–Kier alpha value is -6.98. The molecule has 7 aromatic carbocycles. The number of benzene rings is 7. The van der Waals surface area contributed by atoms with Crippen LogP contribution in [0.3, 0.4) is 0 Å². The Morgan fingerprint density at radius 3 is 1.70 bits per heavy atom. The van der Waals surface area contributed by atoms with Crippen LogP contribution >= 0.6 is 0 Å². The standard InChI is InChI=1S/C52H34N6O.Pd/c1-29-11-9-12-30(2)47(29)33-23-38-36-21-19-34(59-35-20-22-37-40(26-35)52-56-44-16-6-8-18-46(44)58(52)50-42(37)27-53-28-54-50)25-39(36)51-55-43-15-5-7-17-45(43)57(51)49(38)41(24-33)48-31(3)13-10-14-32(48)4;/h5-24,27-28H,1-4H3;/q-2;+2. The molecule has 60 heavy (non-hydrogen) atoms. The molecule has 8 heteroatoms. The largest absolute Gasteiger partial charge is 2.00 e. The van der Waals surface area contributed by atoms with Gasteiger partial charge in [-0.25, -0.2) is 9.97 Å². The molecule has 12 rings (SSSR count). The number of ether oxygens (including phenoxy) is 1. The molecule has 0 unspecified atom stereocenters. The van der Waals surface area contributed by atoms with Crippen molar-refractivity contribution in [3.8, 4) is 33.8 Å². The maximum Gasteiger partial charge on any atom is 2.00 e. The van der Waals surface area contributed by atoms with Gasteiger partial charge in [0.2, 0.25) is 0 Å². The average molecular weight is 865 g/mol. The Balaban J connectivity index is 0.00000408. The van der Waals surface area contributed by atoms with E-state index in [0.29, 0.717) is 11.5 Å². The van der Waals surface area contributed by atoms with Crippen molar-refractivity contribution >= 4 is 76.8 Å². The minimum Gasteiger partial charge on any atom is -0.497 e. The third kappa shape index (κ3) is 5.24. The topological polar surface area (TPSA) is 69.6 Å². The van der Waals surface area contributed by atoms with E-state index in [1.54, 1.807) is 6.33 Å². The summed E-state index contributed by atoms with van der Waals surface area (Å²) < 4.78 is 11.1. The molecule has 0 atom stereocenters. The molecule has 0 saturated heterocycles. The van der Waals surface area contributed by atoms with Crippen LogP contribution in [0, 0.1) is 39.8 Å². The zero-order valence-electron chi connectivity index (χ0n) is 33.1. The van der Waals surface area contributed by atoms with Crippen molar-refractivity contribution in [2.45, 2.75) is 27.7 Å². The van der Waals surface area contributed by atoms with Crippen LogP contribution < -0.4 is 4.74 Å². The number of rotatable bonds is 4. The summed E-state index contributed by atoms with van der Waals surface area (Å²) in [6.07, 6.45) is 3.43. The van der Waals surface area contributed by atoms with Crippen molar-refractivity contribution in [1.82, 2.24) is 28.7 Å². The van der Waals surface area contributed by atoms with E-state index < -0.39 is 0 Å². The quantitative estimate of drug-likeness (QED) is 0.100. The minimum atomic E-state index is 0. The molecule has 0 fully saturated rings. The monoisotopic (exact) mass is 864 g/mol. The number of hydrogen-bond donors (Lipinski definition) is 0. The van der Waals surface area contributed by atoms with Gasteiger partial charge in [-0.05, 0) is 102 Å². The Bertz CT molecular complexity index is 3730. The number of imidazole rings is 2. The van der Waals surface area contributed by atoms with Crippen LogP contribution in [0.5, 0.6) is 11.5 Å². The third-order valence-electron chi connectivity index (χ3n) is 12.0. The Labute approximate surface area is 358 Å². The summed E-state index contributed by atoms with van der Waals surface area (Å²) in [4.78, 5) is 19.4. The number of para-hydroxylation sites is 4. The summed E-state index contributed by atoms with van der Waals surface area (Å²) in [7, 11) is 0. The summed E-state index contributed by atoms with van der Waals surface area (Å²) in [5, 5.41) is 5.75. The number of aryl methyl sites for hydroxylation is 4. The van der Waals surface area contributed by atoms with Gasteiger partial charge in [0.15, 0.2) is 0 Å². The summed E-state index contributed by atoms with van der Waals surface area (Å²) in [6, 6.07) is 49.8. The summed E-state index contributed by atoms with van der Waals surface area (Å²) in [5.74, 6) is 1.12. The van der Waals surface area contributed by atoms with Crippen LogP contribution in [0.2, 0.25) is 0 Å². The van der Waals surface area contributed by atoms with Crippen molar-refractivity contribution in [1.29, 1.82) is 0 Å². The molecular weight excluding hydrogens is 831 g/mol. The van der Waals surface area contributed by atoms with Crippen LogP contribution in [0.1, 0.15) is 22.3 Å². The van der Waals surface area contributed by atoms with Crippen molar-refractivity contribution < 1.29 is 25.2 Å². The minimum absolute atomic E-state index is 0. The second kappa shape index (κ2) is 13.5. The van der Waals surface area contributed by atoms with Gasteiger partial charge in [-0.1, -0.05) is 113 Å². The number of hydrogen-bond acceptors (Lipinski definition) is 5. The molecule has 0 radical (unpaired) electrons. The van der Waals surface area contributed by atoms with Gasteiger partial charge in [-0.15, -0.1) is 12.1 Å². The van der Waals surface area contributed by atoms with Crippen molar-refractivity contribution in [3.05, 3.63) is 168 Å². The molecule has 0 saturated carbocycles. The third-order valence-corrected chi connectivity index (χ3v) is 12.0. The zero-order valence-corrected chi connectivity index (χ0v) is 34.7. The van der Waals surface area contributed by atoms with E-state index in [1.807, 2.05) is 48.7 Å². The first-order valence-corrected chi connectivity index (χ1v) is 19.8. The first kappa shape index (κ1) is 36.1. The smallest absolute Gasteiger partial charge is 0.497 e.